The van der Waals surface area contributed by atoms with Crippen molar-refractivity contribution in [2.24, 2.45) is 0 Å². The molecule has 0 radical (unpaired) electrons. The second-order valence-corrected chi connectivity index (χ2v) is 5.09. The van der Waals surface area contributed by atoms with E-state index in [9.17, 15) is 0 Å². The number of nitrogens with zero attached hydrogens (tertiary/aromatic N) is 1. The average Bonchev–Trinajstić information content (AvgIpc) is 2.51. The molecular weight excluding hydrogens is 222 g/mol. The van der Waals surface area contributed by atoms with E-state index in [1.54, 1.807) is 23.1 Å². The highest BCUT2D eigenvalue weighted by atomic mass is 32.2. The number of thioether (sulfide) groups is 1. The zero-order valence-electron chi connectivity index (χ0n) is 7.52. The summed E-state index contributed by atoms with van der Waals surface area (Å²) in [5, 5.41) is 2.07. The summed E-state index contributed by atoms with van der Waals surface area (Å²) in [6, 6.07) is 0. The third-order valence-corrected chi connectivity index (χ3v) is 3.57. The maximum absolute atomic E-state index is 5.29. The van der Waals surface area contributed by atoms with Crippen molar-refractivity contribution in [3.05, 3.63) is 11.1 Å². The molecule has 1 aromatic rings. The van der Waals surface area contributed by atoms with Crippen LogP contribution in [-0.2, 0) is 4.74 Å². The summed E-state index contributed by atoms with van der Waals surface area (Å²) in [6.45, 7) is 3.53. The van der Waals surface area contributed by atoms with E-state index in [-0.39, 0.29) is 0 Å². The van der Waals surface area contributed by atoms with Crippen LogP contribution in [0.25, 0.3) is 0 Å². The standard InChI is InChI=1S/C8H13NOS3/c1-7-6-13-8(9-7)12-5-3-10-2-4-11/h6,11H,2-5H2,1H3. The Balaban J connectivity index is 2.06. The quantitative estimate of drug-likeness (QED) is 0.465. The molecule has 0 spiro atoms. The molecule has 0 aromatic carbocycles. The van der Waals surface area contributed by atoms with E-state index in [4.69, 9.17) is 4.74 Å². The number of aromatic nitrogens is 1. The van der Waals surface area contributed by atoms with Crippen molar-refractivity contribution in [2.45, 2.75) is 11.3 Å². The van der Waals surface area contributed by atoms with Gasteiger partial charge in [-0.15, -0.1) is 11.3 Å². The average molecular weight is 235 g/mol. The molecule has 1 heterocycles. The zero-order valence-corrected chi connectivity index (χ0v) is 10.1. The molecule has 13 heavy (non-hydrogen) atoms. The Morgan fingerprint density at radius 3 is 3.08 bits per heavy atom. The molecule has 0 saturated heterocycles. The Morgan fingerprint density at radius 1 is 1.62 bits per heavy atom. The first-order chi connectivity index (χ1) is 6.33. The molecule has 0 saturated carbocycles. The molecule has 0 aliphatic heterocycles. The maximum Gasteiger partial charge on any atom is 0.150 e. The Bertz CT molecular complexity index is 239. The molecule has 0 fully saturated rings. The van der Waals surface area contributed by atoms with Crippen LogP contribution in [0.3, 0.4) is 0 Å². The lowest BCUT2D eigenvalue weighted by Crippen LogP contribution is -1.99. The lowest BCUT2D eigenvalue weighted by molar-refractivity contribution is 0.167. The normalized spacial score (nSPS) is 10.6. The fourth-order valence-corrected chi connectivity index (χ4v) is 2.65. The maximum atomic E-state index is 5.29. The first-order valence-corrected chi connectivity index (χ1v) is 6.56. The number of thiazole rings is 1. The first kappa shape index (κ1) is 11.4. The number of aryl methyl sites for hydroxylation is 1. The minimum atomic E-state index is 0.737. The van der Waals surface area contributed by atoms with Crippen molar-refractivity contribution in [1.29, 1.82) is 0 Å². The van der Waals surface area contributed by atoms with Gasteiger partial charge >= 0.3 is 0 Å². The highest BCUT2D eigenvalue weighted by molar-refractivity contribution is 8.01. The molecule has 0 aliphatic rings. The van der Waals surface area contributed by atoms with E-state index >= 15 is 0 Å². The second-order valence-electron chi connectivity index (χ2n) is 2.44. The molecule has 0 aliphatic carbocycles. The zero-order chi connectivity index (χ0) is 9.52. The predicted molar refractivity (Wildman–Crippen MR) is 62.2 cm³/mol. The van der Waals surface area contributed by atoms with Crippen LogP contribution in [-0.4, -0.2) is 29.7 Å². The monoisotopic (exact) mass is 235 g/mol. The molecule has 0 unspecified atom stereocenters. The van der Waals surface area contributed by atoms with Crippen molar-refractivity contribution in [1.82, 2.24) is 4.98 Å². The molecular formula is C8H13NOS3. The van der Waals surface area contributed by atoms with E-state index in [0.717, 1.165) is 34.8 Å². The summed E-state index contributed by atoms with van der Waals surface area (Å²) < 4.78 is 6.42. The van der Waals surface area contributed by atoms with Gasteiger partial charge in [-0.25, -0.2) is 4.98 Å². The van der Waals surface area contributed by atoms with Crippen molar-refractivity contribution in [2.75, 3.05) is 24.7 Å². The molecule has 2 nitrogen and oxygen atoms in total. The highest BCUT2D eigenvalue weighted by Gasteiger charge is 1.98. The van der Waals surface area contributed by atoms with Crippen LogP contribution in [0.1, 0.15) is 5.69 Å². The second kappa shape index (κ2) is 6.70. The highest BCUT2D eigenvalue weighted by Crippen LogP contribution is 2.21. The number of hydrogen-bond acceptors (Lipinski definition) is 5. The number of rotatable bonds is 6. The fourth-order valence-electron chi connectivity index (χ4n) is 0.753. The van der Waals surface area contributed by atoms with Gasteiger partial charge in [0, 0.05) is 22.6 Å². The van der Waals surface area contributed by atoms with Crippen molar-refractivity contribution < 1.29 is 4.74 Å². The summed E-state index contributed by atoms with van der Waals surface area (Å²) in [6.07, 6.45) is 0. The van der Waals surface area contributed by atoms with Crippen LogP contribution in [0.15, 0.2) is 9.72 Å². The molecule has 74 valence electrons. The largest absolute Gasteiger partial charge is 0.380 e. The summed E-state index contributed by atoms with van der Waals surface area (Å²) in [5.74, 6) is 1.77. The van der Waals surface area contributed by atoms with Crippen LogP contribution in [0, 0.1) is 6.92 Å². The van der Waals surface area contributed by atoms with Crippen LogP contribution in [0.2, 0.25) is 0 Å². The van der Waals surface area contributed by atoms with Gasteiger partial charge in [0.25, 0.3) is 0 Å². The molecule has 5 heteroatoms. The summed E-state index contributed by atoms with van der Waals surface area (Å²) in [4.78, 5) is 4.34. The van der Waals surface area contributed by atoms with E-state index < -0.39 is 0 Å². The summed E-state index contributed by atoms with van der Waals surface area (Å²) in [7, 11) is 0. The van der Waals surface area contributed by atoms with Gasteiger partial charge in [0.2, 0.25) is 0 Å². The lowest BCUT2D eigenvalue weighted by atomic mass is 10.6. The van der Waals surface area contributed by atoms with Gasteiger partial charge in [-0.2, -0.15) is 12.6 Å². The van der Waals surface area contributed by atoms with Gasteiger partial charge in [-0.1, -0.05) is 11.8 Å². The molecule has 0 N–H and O–H groups in total. The van der Waals surface area contributed by atoms with Crippen LogP contribution in [0.4, 0.5) is 0 Å². The van der Waals surface area contributed by atoms with E-state index in [1.165, 1.54) is 0 Å². The summed E-state index contributed by atoms with van der Waals surface area (Å²) in [5.41, 5.74) is 1.10. The molecule has 0 amide bonds. The smallest absolute Gasteiger partial charge is 0.150 e. The van der Waals surface area contributed by atoms with E-state index in [2.05, 4.69) is 23.0 Å². The van der Waals surface area contributed by atoms with Gasteiger partial charge in [-0.3, -0.25) is 0 Å². The number of ether oxygens (including phenoxy) is 1. The van der Waals surface area contributed by atoms with Crippen LogP contribution < -0.4 is 0 Å². The van der Waals surface area contributed by atoms with Crippen molar-refractivity contribution in [3.63, 3.8) is 0 Å². The predicted octanol–water partition coefficient (Wildman–Crippen LogP) is 2.49. The Morgan fingerprint density at radius 2 is 2.46 bits per heavy atom. The fraction of sp³-hybridized carbons (Fsp3) is 0.625. The molecule has 1 rings (SSSR count). The number of thiol groups is 1. The van der Waals surface area contributed by atoms with Gasteiger partial charge in [0.15, 0.2) is 0 Å². The molecule has 0 atom stereocenters. The molecule has 0 bridgehead atoms. The minimum absolute atomic E-state index is 0.737. The van der Waals surface area contributed by atoms with E-state index in [1.807, 2.05) is 6.92 Å². The Hall–Kier alpha value is 0.290. The Labute approximate surface area is 92.5 Å². The lowest BCUT2D eigenvalue weighted by Gasteiger charge is -1.99. The minimum Gasteiger partial charge on any atom is -0.380 e. The van der Waals surface area contributed by atoms with Gasteiger partial charge in [0.05, 0.1) is 13.2 Å². The van der Waals surface area contributed by atoms with Crippen LogP contribution in [0.5, 0.6) is 0 Å². The SMILES string of the molecule is Cc1csc(SCCOCCS)n1. The topological polar surface area (TPSA) is 22.1 Å². The van der Waals surface area contributed by atoms with Crippen LogP contribution >= 0.6 is 35.7 Å². The van der Waals surface area contributed by atoms with Gasteiger partial charge in [0.1, 0.15) is 4.34 Å². The summed E-state index contributed by atoms with van der Waals surface area (Å²) >= 11 is 7.50. The van der Waals surface area contributed by atoms with Crippen molar-refractivity contribution in [3.8, 4) is 0 Å². The molecule has 1 aromatic heterocycles. The van der Waals surface area contributed by atoms with Crippen molar-refractivity contribution >= 4 is 35.7 Å². The number of hydrogen-bond donors (Lipinski definition) is 1. The van der Waals surface area contributed by atoms with E-state index in [0.29, 0.717) is 0 Å². The van der Waals surface area contributed by atoms with Gasteiger partial charge < -0.3 is 4.74 Å². The van der Waals surface area contributed by atoms with Gasteiger partial charge in [-0.05, 0) is 6.92 Å². The Kier molecular flexibility index (Phi) is 5.86. The first-order valence-electron chi connectivity index (χ1n) is 4.06. The third kappa shape index (κ3) is 4.90. The third-order valence-electron chi connectivity index (χ3n) is 1.29.